The van der Waals surface area contributed by atoms with Crippen LogP contribution in [-0.2, 0) is 17.8 Å². The Hall–Kier alpha value is -1.88. The van der Waals surface area contributed by atoms with Crippen LogP contribution in [0.2, 0.25) is 0 Å². The molecular weight excluding hydrogens is 268 g/mol. The summed E-state index contributed by atoms with van der Waals surface area (Å²) < 4.78 is 0. The van der Waals surface area contributed by atoms with Gasteiger partial charge in [0.1, 0.15) is 0 Å². The zero-order chi connectivity index (χ0) is 15.4. The number of fused-ring (bicyclic) bond motifs is 1. The van der Waals surface area contributed by atoms with Gasteiger partial charge in [0.15, 0.2) is 0 Å². The molecule has 1 atom stereocenters. The number of hydrogen-bond donors (Lipinski definition) is 2. The monoisotopic (exact) mass is 290 g/mol. The minimum absolute atomic E-state index is 0.120. The Labute approximate surface area is 125 Å². The number of hydrogen-bond acceptors (Lipinski definition) is 3. The molecule has 5 nitrogen and oxygen atoms in total. The molecule has 2 rings (SSSR count). The fourth-order valence-corrected chi connectivity index (χ4v) is 2.71. The number of benzene rings is 1. The first kappa shape index (κ1) is 15.5. The van der Waals surface area contributed by atoms with Crippen LogP contribution in [0.5, 0.6) is 0 Å². The minimum Gasteiger partial charge on any atom is -0.478 e. The van der Waals surface area contributed by atoms with Gasteiger partial charge in [0.2, 0.25) is 5.91 Å². The maximum Gasteiger partial charge on any atom is 0.335 e. The Kier molecular flexibility index (Phi) is 4.96. The van der Waals surface area contributed by atoms with E-state index in [1.54, 1.807) is 12.1 Å². The van der Waals surface area contributed by atoms with Crippen molar-refractivity contribution in [1.82, 2.24) is 10.2 Å². The van der Waals surface area contributed by atoms with Crippen molar-refractivity contribution in [2.45, 2.75) is 39.3 Å². The first-order chi connectivity index (χ1) is 10.0. The maximum atomic E-state index is 12.3. The molecule has 0 bridgehead atoms. The molecule has 0 saturated heterocycles. The molecule has 2 N–H and O–H groups in total. The number of carbonyl (C=O) groups excluding carboxylic acids is 1. The number of amides is 1. The summed E-state index contributed by atoms with van der Waals surface area (Å²) in [5.74, 6) is -0.808. The molecule has 1 unspecified atom stereocenters. The first-order valence-corrected chi connectivity index (χ1v) is 7.37. The Balaban J connectivity index is 2.05. The van der Waals surface area contributed by atoms with E-state index in [9.17, 15) is 9.59 Å². The quantitative estimate of drug-likeness (QED) is 0.865. The average Bonchev–Trinajstić information content (AvgIpc) is 2.46. The highest BCUT2D eigenvalue weighted by atomic mass is 16.4. The third-order valence-corrected chi connectivity index (χ3v) is 3.85. The predicted octanol–water partition coefficient (Wildman–Crippen LogP) is 1.66. The van der Waals surface area contributed by atoms with Crippen LogP contribution in [0.15, 0.2) is 18.2 Å². The van der Waals surface area contributed by atoms with Gasteiger partial charge in [-0.1, -0.05) is 13.0 Å². The number of rotatable bonds is 5. The van der Waals surface area contributed by atoms with Gasteiger partial charge in [-0.3, -0.25) is 4.79 Å². The van der Waals surface area contributed by atoms with E-state index in [1.807, 2.05) is 24.8 Å². The van der Waals surface area contributed by atoms with Gasteiger partial charge in [-0.05, 0) is 43.1 Å². The second-order valence-electron chi connectivity index (χ2n) is 5.52. The Morgan fingerprint density at radius 1 is 1.38 bits per heavy atom. The molecule has 0 saturated carbocycles. The van der Waals surface area contributed by atoms with Crippen molar-refractivity contribution in [3.05, 3.63) is 34.9 Å². The number of carboxylic acid groups (broad SMARTS) is 1. The summed E-state index contributed by atoms with van der Waals surface area (Å²) in [5.41, 5.74) is 2.37. The van der Waals surface area contributed by atoms with Gasteiger partial charge >= 0.3 is 5.97 Å². The zero-order valence-corrected chi connectivity index (χ0v) is 12.6. The van der Waals surface area contributed by atoms with Crippen molar-refractivity contribution < 1.29 is 14.7 Å². The van der Waals surface area contributed by atoms with Crippen LogP contribution in [-0.4, -0.2) is 41.0 Å². The van der Waals surface area contributed by atoms with Crippen LogP contribution < -0.4 is 5.32 Å². The standard InChI is InChI=1S/C16H22N2O3/c1-3-17-11(2)8-15(19)18-7-6-12-4-5-13(16(20)21)9-14(12)10-18/h4-5,9,11,17H,3,6-8,10H2,1-2H3,(H,20,21). The highest BCUT2D eigenvalue weighted by Gasteiger charge is 2.22. The van der Waals surface area contributed by atoms with Crippen LogP contribution in [0, 0.1) is 0 Å². The number of nitrogens with zero attached hydrogens (tertiary/aromatic N) is 1. The molecule has 1 amide bonds. The number of carboxylic acids is 1. The van der Waals surface area contributed by atoms with Gasteiger partial charge in [-0.25, -0.2) is 4.79 Å². The number of nitrogens with one attached hydrogen (secondary N) is 1. The molecule has 114 valence electrons. The van der Waals surface area contributed by atoms with Crippen molar-refractivity contribution in [3.63, 3.8) is 0 Å². The molecule has 5 heteroatoms. The molecular formula is C16H22N2O3. The molecule has 0 aromatic heterocycles. The minimum atomic E-state index is -0.929. The van der Waals surface area contributed by atoms with Gasteiger partial charge in [-0.15, -0.1) is 0 Å². The van der Waals surface area contributed by atoms with E-state index < -0.39 is 5.97 Å². The first-order valence-electron chi connectivity index (χ1n) is 7.37. The summed E-state index contributed by atoms with van der Waals surface area (Å²) >= 11 is 0. The van der Waals surface area contributed by atoms with E-state index in [1.165, 1.54) is 0 Å². The second kappa shape index (κ2) is 6.72. The summed E-state index contributed by atoms with van der Waals surface area (Å²) in [4.78, 5) is 25.1. The topological polar surface area (TPSA) is 69.6 Å². The van der Waals surface area contributed by atoms with Crippen molar-refractivity contribution >= 4 is 11.9 Å². The average molecular weight is 290 g/mol. The molecule has 1 aliphatic rings. The summed E-state index contributed by atoms with van der Waals surface area (Å²) in [5, 5.41) is 12.3. The van der Waals surface area contributed by atoms with Gasteiger partial charge < -0.3 is 15.3 Å². The Morgan fingerprint density at radius 2 is 2.14 bits per heavy atom. The van der Waals surface area contributed by atoms with E-state index in [0.717, 1.165) is 24.1 Å². The Bertz CT molecular complexity index is 542. The second-order valence-corrected chi connectivity index (χ2v) is 5.52. The third kappa shape index (κ3) is 3.82. The smallest absolute Gasteiger partial charge is 0.335 e. The van der Waals surface area contributed by atoms with Crippen LogP contribution in [0.25, 0.3) is 0 Å². The van der Waals surface area contributed by atoms with Gasteiger partial charge in [0.05, 0.1) is 5.56 Å². The van der Waals surface area contributed by atoms with Crippen LogP contribution in [0.3, 0.4) is 0 Å². The summed E-state index contributed by atoms with van der Waals surface area (Å²) in [6.07, 6.45) is 1.26. The number of carbonyl (C=O) groups is 2. The summed E-state index contributed by atoms with van der Waals surface area (Å²) in [7, 11) is 0. The molecule has 1 heterocycles. The normalized spacial score (nSPS) is 15.4. The fraction of sp³-hybridized carbons (Fsp3) is 0.500. The lowest BCUT2D eigenvalue weighted by atomic mass is 9.97. The molecule has 0 radical (unpaired) electrons. The SMILES string of the molecule is CCNC(C)CC(=O)N1CCc2ccc(C(=O)O)cc2C1. The molecule has 1 aliphatic heterocycles. The highest BCUT2D eigenvalue weighted by molar-refractivity contribution is 5.88. The molecule has 1 aromatic rings. The van der Waals surface area contributed by atoms with E-state index in [4.69, 9.17) is 5.11 Å². The lowest BCUT2D eigenvalue weighted by molar-refractivity contribution is -0.132. The van der Waals surface area contributed by atoms with Gasteiger partial charge in [-0.2, -0.15) is 0 Å². The van der Waals surface area contributed by atoms with E-state index in [2.05, 4.69) is 5.32 Å². The van der Waals surface area contributed by atoms with E-state index >= 15 is 0 Å². The van der Waals surface area contributed by atoms with E-state index in [-0.39, 0.29) is 17.5 Å². The molecule has 21 heavy (non-hydrogen) atoms. The number of aromatic carboxylic acids is 1. The summed E-state index contributed by atoms with van der Waals surface area (Å²) in [6.45, 7) is 6.08. The van der Waals surface area contributed by atoms with Gasteiger partial charge in [0, 0.05) is 25.6 Å². The zero-order valence-electron chi connectivity index (χ0n) is 12.6. The van der Waals surface area contributed by atoms with Gasteiger partial charge in [0.25, 0.3) is 0 Å². The third-order valence-electron chi connectivity index (χ3n) is 3.85. The Morgan fingerprint density at radius 3 is 2.81 bits per heavy atom. The molecule has 0 aliphatic carbocycles. The lowest BCUT2D eigenvalue weighted by Gasteiger charge is -2.30. The highest BCUT2D eigenvalue weighted by Crippen LogP contribution is 2.21. The predicted molar refractivity (Wildman–Crippen MR) is 80.3 cm³/mol. The molecule has 1 aromatic carbocycles. The maximum absolute atomic E-state index is 12.3. The molecule has 0 fully saturated rings. The van der Waals surface area contributed by atoms with Crippen LogP contribution in [0.1, 0.15) is 41.8 Å². The van der Waals surface area contributed by atoms with Crippen LogP contribution in [0.4, 0.5) is 0 Å². The van der Waals surface area contributed by atoms with Crippen molar-refractivity contribution in [1.29, 1.82) is 0 Å². The van der Waals surface area contributed by atoms with Crippen molar-refractivity contribution in [3.8, 4) is 0 Å². The van der Waals surface area contributed by atoms with Crippen LogP contribution >= 0.6 is 0 Å². The fourth-order valence-electron chi connectivity index (χ4n) is 2.71. The lowest BCUT2D eigenvalue weighted by Crippen LogP contribution is -2.39. The largest absolute Gasteiger partial charge is 0.478 e. The van der Waals surface area contributed by atoms with Crippen molar-refractivity contribution in [2.24, 2.45) is 0 Å². The van der Waals surface area contributed by atoms with E-state index in [0.29, 0.717) is 19.5 Å². The summed E-state index contributed by atoms with van der Waals surface area (Å²) in [6, 6.07) is 5.34. The van der Waals surface area contributed by atoms with Crippen molar-refractivity contribution in [2.75, 3.05) is 13.1 Å². The molecule has 0 spiro atoms.